The number of aliphatic hydroxyl groups excluding tert-OH is 1. The molecule has 8 nitrogen and oxygen atoms in total. The van der Waals surface area contributed by atoms with E-state index in [9.17, 15) is 19.4 Å². The number of nitrogens with one attached hydrogen (secondary N) is 1. The molecule has 9 heteroatoms. The van der Waals surface area contributed by atoms with E-state index in [1.165, 1.54) is 186 Å². The number of allylic oxidation sites excluding steroid dienone is 13. The fourth-order valence-electron chi connectivity index (χ4n) is 9.52. The maximum Gasteiger partial charge on any atom is 0.472 e. The maximum atomic E-state index is 13.0. The topological polar surface area (TPSA) is 105 Å². The van der Waals surface area contributed by atoms with E-state index in [1.54, 1.807) is 6.08 Å². The number of rotatable bonds is 60. The third kappa shape index (κ3) is 61.3. The molecule has 3 atom stereocenters. The average Bonchev–Trinajstić information content (AvgIpc) is 3.41. The fraction of sp³-hybridized carbons (Fsp3) is 0.783. The molecule has 0 aromatic rings. The average molecular weight is 1110 g/mol. The first kappa shape index (κ1) is 75.7. The highest BCUT2D eigenvalue weighted by Gasteiger charge is 2.28. The summed E-state index contributed by atoms with van der Waals surface area (Å²) in [6.07, 6.45) is 84.3. The van der Waals surface area contributed by atoms with Crippen LogP contribution in [0.1, 0.15) is 296 Å². The smallest absolute Gasteiger partial charge is 0.387 e. The first-order valence-corrected chi connectivity index (χ1v) is 34.5. The second kappa shape index (κ2) is 59.3. The van der Waals surface area contributed by atoms with E-state index in [0.29, 0.717) is 17.4 Å². The highest BCUT2D eigenvalue weighted by Crippen LogP contribution is 2.43. The summed E-state index contributed by atoms with van der Waals surface area (Å²) in [6, 6.07) is -0.862. The molecule has 1 amide bonds. The summed E-state index contributed by atoms with van der Waals surface area (Å²) in [5.41, 5.74) is 0. The van der Waals surface area contributed by atoms with Crippen molar-refractivity contribution in [3.8, 4) is 0 Å². The Morgan fingerprint density at radius 1 is 0.449 bits per heavy atom. The van der Waals surface area contributed by atoms with Gasteiger partial charge in [-0.2, -0.15) is 0 Å². The van der Waals surface area contributed by atoms with Gasteiger partial charge in [-0.25, -0.2) is 4.57 Å². The number of phosphoric ester groups is 1. The van der Waals surface area contributed by atoms with Gasteiger partial charge in [0.25, 0.3) is 0 Å². The monoisotopic (exact) mass is 1110 g/mol. The van der Waals surface area contributed by atoms with Gasteiger partial charge < -0.3 is 19.8 Å². The Balaban J connectivity index is 4.15. The molecule has 0 aliphatic rings. The summed E-state index contributed by atoms with van der Waals surface area (Å²) in [5, 5.41) is 14.0. The summed E-state index contributed by atoms with van der Waals surface area (Å²) in [7, 11) is 1.56. The highest BCUT2D eigenvalue weighted by atomic mass is 31.2. The van der Waals surface area contributed by atoms with Crippen molar-refractivity contribution in [2.45, 2.75) is 309 Å². The van der Waals surface area contributed by atoms with Gasteiger partial charge in [0.2, 0.25) is 5.91 Å². The molecule has 0 aromatic carbocycles. The molecule has 3 N–H and O–H groups in total. The Bertz CT molecular complexity index is 1550. The minimum absolute atomic E-state index is 0.0545. The number of carbonyl (C=O) groups is 1. The molecule has 78 heavy (non-hydrogen) atoms. The first-order valence-electron chi connectivity index (χ1n) is 33.0. The van der Waals surface area contributed by atoms with Gasteiger partial charge in [-0.05, 0) is 70.6 Å². The number of hydrogen-bond donors (Lipinski definition) is 3. The largest absolute Gasteiger partial charge is 0.472 e. The number of hydrogen-bond acceptors (Lipinski definition) is 5. The van der Waals surface area contributed by atoms with Crippen LogP contribution < -0.4 is 5.32 Å². The van der Waals surface area contributed by atoms with Crippen LogP contribution in [0.4, 0.5) is 0 Å². The number of likely N-dealkylation sites (N-methyl/N-ethyl adjacent to an activating group) is 1. The Labute approximate surface area is 484 Å². The number of carbonyl (C=O) groups excluding carboxylic acids is 1. The van der Waals surface area contributed by atoms with E-state index in [2.05, 4.69) is 92.1 Å². The minimum atomic E-state index is -4.36. The third-order valence-corrected chi connectivity index (χ3v) is 15.6. The van der Waals surface area contributed by atoms with Crippen molar-refractivity contribution in [2.24, 2.45) is 0 Å². The van der Waals surface area contributed by atoms with Crippen LogP contribution in [0.5, 0.6) is 0 Å². The van der Waals surface area contributed by atoms with Crippen molar-refractivity contribution >= 4 is 13.7 Å². The van der Waals surface area contributed by atoms with Crippen LogP contribution in [0, 0.1) is 0 Å². The van der Waals surface area contributed by atoms with Crippen molar-refractivity contribution < 1.29 is 32.9 Å². The summed E-state index contributed by atoms with van der Waals surface area (Å²) in [6.45, 7) is 4.71. The van der Waals surface area contributed by atoms with E-state index in [1.807, 2.05) is 27.2 Å². The van der Waals surface area contributed by atoms with Crippen molar-refractivity contribution in [1.82, 2.24) is 5.32 Å². The van der Waals surface area contributed by atoms with Gasteiger partial charge in [0, 0.05) is 6.42 Å². The molecule has 0 bridgehead atoms. The normalized spacial score (nSPS) is 14.3. The van der Waals surface area contributed by atoms with Crippen LogP contribution in [0.15, 0.2) is 85.1 Å². The summed E-state index contributed by atoms with van der Waals surface area (Å²) >= 11 is 0. The van der Waals surface area contributed by atoms with Crippen LogP contribution in [0.25, 0.3) is 0 Å². The molecular weight excluding hydrogens is 984 g/mol. The summed E-state index contributed by atoms with van der Waals surface area (Å²) < 4.78 is 23.8. The van der Waals surface area contributed by atoms with Crippen molar-refractivity contribution in [1.29, 1.82) is 0 Å². The van der Waals surface area contributed by atoms with Gasteiger partial charge >= 0.3 is 7.82 Å². The van der Waals surface area contributed by atoms with Gasteiger partial charge in [-0.15, -0.1) is 0 Å². The standard InChI is InChI=1S/C69H127N2O6P/c1-6-8-10-12-14-16-18-20-22-24-26-28-30-32-33-34-35-36-37-39-40-42-44-46-48-50-52-54-56-58-60-62-68(72)67(66-77-78(74,75)76-65-64-71(3,4)5)70-69(73)63-61-59-57-55-53-51-49-47-45-43-41-38-31-29-27-25-23-21-19-17-15-13-11-9-7-2/h9,11,15,17,21,23,27,29,38,41,45,47,60,62,67-68,72H,6-8,10,12-14,16,18-20,22,24-26,28,30-37,39-40,42-44,46,48-59,61,63-66H2,1-5H3,(H-,70,73,74,75)/p+1/b11-9-,17-15-,23-21-,29-27-,41-38-,47-45-,62-60+. The minimum Gasteiger partial charge on any atom is -0.387 e. The molecule has 0 heterocycles. The number of amides is 1. The molecule has 0 saturated carbocycles. The lowest BCUT2D eigenvalue weighted by molar-refractivity contribution is -0.870. The van der Waals surface area contributed by atoms with Crippen LogP contribution in [0.3, 0.4) is 0 Å². The van der Waals surface area contributed by atoms with Crippen molar-refractivity contribution in [3.63, 3.8) is 0 Å². The van der Waals surface area contributed by atoms with Gasteiger partial charge in [-0.1, -0.05) is 304 Å². The lowest BCUT2D eigenvalue weighted by Crippen LogP contribution is -2.45. The maximum absolute atomic E-state index is 13.0. The number of quaternary nitrogens is 1. The van der Waals surface area contributed by atoms with Crippen molar-refractivity contribution in [3.05, 3.63) is 85.1 Å². The summed E-state index contributed by atoms with van der Waals surface area (Å²) in [5.74, 6) is -0.191. The van der Waals surface area contributed by atoms with Gasteiger partial charge in [0.05, 0.1) is 39.9 Å². The van der Waals surface area contributed by atoms with Gasteiger partial charge in [-0.3, -0.25) is 13.8 Å². The van der Waals surface area contributed by atoms with Crippen LogP contribution in [-0.4, -0.2) is 73.4 Å². The van der Waals surface area contributed by atoms with E-state index in [4.69, 9.17) is 9.05 Å². The number of unbranched alkanes of at least 4 members (excludes halogenated alkanes) is 35. The molecule has 0 aliphatic carbocycles. The zero-order chi connectivity index (χ0) is 57.0. The number of nitrogens with zero attached hydrogens (tertiary/aromatic N) is 1. The van der Waals surface area contributed by atoms with Crippen LogP contribution in [-0.2, 0) is 18.4 Å². The Kier molecular flexibility index (Phi) is 57.5. The molecule has 0 rings (SSSR count). The van der Waals surface area contributed by atoms with Gasteiger partial charge in [0.15, 0.2) is 0 Å². The molecule has 3 unspecified atom stereocenters. The van der Waals surface area contributed by atoms with E-state index < -0.39 is 20.0 Å². The molecule has 0 spiro atoms. The zero-order valence-corrected chi connectivity index (χ0v) is 52.8. The Hall–Kier alpha value is -2.32. The summed E-state index contributed by atoms with van der Waals surface area (Å²) in [4.78, 5) is 23.4. The second-order valence-corrected chi connectivity index (χ2v) is 24.9. The predicted molar refractivity (Wildman–Crippen MR) is 341 cm³/mol. The Morgan fingerprint density at radius 3 is 1.13 bits per heavy atom. The zero-order valence-electron chi connectivity index (χ0n) is 51.9. The van der Waals surface area contributed by atoms with Crippen LogP contribution in [0.2, 0.25) is 0 Å². The molecule has 0 radical (unpaired) electrons. The second-order valence-electron chi connectivity index (χ2n) is 23.5. The lowest BCUT2D eigenvalue weighted by atomic mass is 10.0. The number of phosphoric acid groups is 1. The van der Waals surface area contributed by atoms with Crippen LogP contribution >= 0.6 is 7.82 Å². The van der Waals surface area contributed by atoms with E-state index >= 15 is 0 Å². The quantitative estimate of drug-likeness (QED) is 0.0243. The highest BCUT2D eigenvalue weighted by molar-refractivity contribution is 7.47. The van der Waals surface area contributed by atoms with Gasteiger partial charge in [0.1, 0.15) is 13.2 Å². The third-order valence-electron chi connectivity index (χ3n) is 14.6. The predicted octanol–water partition coefficient (Wildman–Crippen LogP) is 20.8. The molecule has 0 fully saturated rings. The van der Waals surface area contributed by atoms with E-state index in [-0.39, 0.29) is 19.1 Å². The fourth-order valence-corrected chi connectivity index (χ4v) is 10.3. The first-order chi connectivity index (χ1) is 38.0. The number of aliphatic hydroxyl groups is 1. The lowest BCUT2D eigenvalue weighted by Gasteiger charge is -2.25. The molecular formula is C69H128N2O6P+. The van der Waals surface area contributed by atoms with Crippen molar-refractivity contribution in [2.75, 3.05) is 40.9 Å². The van der Waals surface area contributed by atoms with E-state index in [0.717, 1.165) is 89.9 Å². The molecule has 0 aromatic heterocycles. The molecule has 0 aliphatic heterocycles. The SMILES string of the molecule is CC/C=C\C/C=C\C/C=C\C/C=C\C/C=C\C/C=C\CCCCCCCCC(=O)NC(COP(=O)(O)OCC[N+](C)(C)C)C(O)/C=C/CCCCCCCCCCCCCCCCCCCCCCCCCCCCCCC. The molecule has 0 saturated heterocycles. The molecule has 454 valence electrons. The Morgan fingerprint density at radius 2 is 0.769 bits per heavy atom.